The number of furan rings is 1. The molecule has 2 aromatic heterocycles. The highest BCUT2D eigenvalue weighted by molar-refractivity contribution is 7.89. The number of hydrogen-bond acceptors (Lipinski definition) is 5. The van der Waals surface area contributed by atoms with Crippen LogP contribution in [0.25, 0.3) is 0 Å². The molecule has 0 radical (unpaired) electrons. The van der Waals surface area contributed by atoms with E-state index in [1.165, 1.54) is 18.5 Å². The first-order valence-corrected chi connectivity index (χ1v) is 8.27. The van der Waals surface area contributed by atoms with Crippen molar-refractivity contribution < 1.29 is 12.8 Å². The minimum Gasteiger partial charge on any atom is -0.468 e. The Balaban J connectivity index is 2.08. The Morgan fingerprint density at radius 1 is 1.33 bits per heavy atom. The fourth-order valence-corrected chi connectivity index (χ4v) is 2.95. The molecular formula is C14H19N3O3S. The van der Waals surface area contributed by atoms with Gasteiger partial charge in [-0.2, -0.15) is 0 Å². The summed E-state index contributed by atoms with van der Waals surface area (Å²) < 4.78 is 32.2. The molecule has 2 N–H and O–H groups in total. The lowest BCUT2D eigenvalue weighted by molar-refractivity contribution is 0.459. The molecule has 21 heavy (non-hydrogen) atoms. The maximum atomic E-state index is 12.2. The van der Waals surface area contributed by atoms with Crippen molar-refractivity contribution in [3.05, 3.63) is 42.5 Å². The smallest absolute Gasteiger partial charge is 0.242 e. The molecule has 2 heterocycles. The number of pyridine rings is 1. The van der Waals surface area contributed by atoms with E-state index in [0.29, 0.717) is 11.6 Å². The van der Waals surface area contributed by atoms with E-state index in [4.69, 9.17) is 4.42 Å². The van der Waals surface area contributed by atoms with Crippen molar-refractivity contribution in [1.29, 1.82) is 0 Å². The first-order chi connectivity index (χ1) is 10.0. The van der Waals surface area contributed by atoms with Gasteiger partial charge in [-0.05, 0) is 37.6 Å². The van der Waals surface area contributed by atoms with Crippen LogP contribution in [-0.2, 0) is 10.0 Å². The van der Waals surface area contributed by atoms with E-state index in [1.807, 2.05) is 6.92 Å². The predicted molar refractivity (Wildman–Crippen MR) is 80.5 cm³/mol. The summed E-state index contributed by atoms with van der Waals surface area (Å²) in [4.78, 5) is 4.23. The lowest BCUT2D eigenvalue weighted by Gasteiger charge is -2.12. The molecule has 0 aliphatic heterocycles. The Kier molecular flexibility index (Phi) is 4.98. The van der Waals surface area contributed by atoms with Crippen LogP contribution in [0.4, 0.5) is 5.82 Å². The average molecular weight is 309 g/mol. The van der Waals surface area contributed by atoms with Gasteiger partial charge in [-0.15, -0.1) is 0 Å². The van der Waals surface area contributed by atoms with Gasteiger partial charge in [0.25, 0.3) is 0 Å². The number of anilines is 1. The molecule has 7 heteroatoms. The van der Waals surface area contributed by atoms with Crippen LogP contribution in [0.15, 0.2) is 46.0 Å². The molecule has 2 aromatic rings. The number of aromatic nitrogens is 1. The van der Waals surface area contributed by atoms with E-state index in [-0.39, 0.29) is 4.90 Å². The molecule has 0 spiro atoms. The SMILES string of the molecule is CCCNc1ccc(S(=O)(=O)NC(C)c2ccco2)cn1. The molecule has 0 fully saturated rings. The van der Waals surface area contributed by atoms with Crippen LogP contribution in [-0.4, -0.2) is 19.9 Å². The highest BCUT2D eigenvalue weighted by Gasteiger charge is 2.20. The maximum absolute atomic E-state index is 12.2. The van der Waals surface area contributed by atoms with Gasteiger partial charge < -0.3 is 9.73 Å². The summed E-state index contributed by atoms with van der Waals surface area (Å²) in [6.45, 7) is 4.57. The molecule has 0 bridgehead atoms. The van der Waals surface area contributed by atoms with Crippen molar-refractivity contribution in [1.82, 2.24) is 9.71 Å². The van der Waals surface area contributed by atoms with Gasteiger partial charge in [-0.25, -0.2) is 18.1 Å². The largest absolute Gasteiger partial charge is 0.468 e. The first kappa shape index (κ1) is 15.5. The quantitative estimate of drug-likeness (QED) is 0.821. The van der Waals surface area contributed by atoms with Gasteiger partial charge in [0, 0.05) is 12.7 Å². The fraction of sp³-hybridized carbons (Fsp3) is 0.357. The van der Waals surface area contributed by atoms with Gasteiger partial charge in [0.1, 0.15) is 16.5 Å². The summed E-state index contributed by atoms with van der Waals surface area (Å²) in [5, 5.41) is 3.09. The Labute approximate surface area is 124 Å². The number of nitrogens with one attached hydrogen (secondary N) is 2. The topological polar surface area (TPSA) is 84.2 Å². The Morgan fingerprint density at radius 3 is 2.71 bits per heavy atom. The number of hydrogen-bond donors (Lipinski definition) is 2. The first-order valence-electron chi connectivity index (χ1n) is 6.78. The van der Waals surface area contributed by atoms with E-state index >= 15 is 0 Å². The summed E-state index contributed by atoms with van der Waals surface area (Å²) in [6.07, 6.45) is 3.83. The predicted octanol–water partition coefficient (Wildman–Crippen LogP) is 2.54. The zero-order valence-electron chi connectivity index (χ0n) is 12.0. The average Bonchev–Trinajstić information content (AvgIpc) is 2.99. The number of rotatable bonds is 7. The van der Waals surface area contributed by atoms with E-state index in [2.05, 4.69) is 15.0 Å². The molecule has 0 saturated heterocycles. The zero-order chi connectivity index (χ0) is 15.3. The van der Waals surface area contributed by atoms with E-state index in [9.17, 15) is 8.42 Å². The Morgan fingerprint density at radius 2 is 2.14 bits per heavy atom. The lowest BCUT2D eigenvalue weighted by Crippen LogP contribution is -2.26. The van der Waals surface area contributed by atoms with Crippen molar-refractivity contribution in [3.63, 3.8) is 0 Å². The number of sulfonamides is 1. The van der Waals surface area contributed by atoms with Crippen molar-refractivity contribution >= 4 is 15.8 Å². The molecule has 0 aliphatic rings. The molecule has 0 aromatic carbocycles. The third-order valence-corrected chi connectivity index (χ3v) is 4.43. The van der Waals surface area contributed by atoms with Crippen LogP contribution in [0.2, 0.25) is 0 Å². The zero-order valence-corrected chi connectivity index (χ0v) is 12.9. The third kappa shape index (κ3) is 4.05. The Bertz CT molecular complexity index is 651. The minimum atomic E-state index is -3.62. The van der Waals surface area contributed by atoms with Gasteiger partial charge in [0.2, 0.25) is 10.0 Å². The molecule has 114 valence electrons. The van der Waals surface area contributed by atoms with Crippen LogP contribution < -0.4 is 10.0 Å². The highest BCUT2D eigenvalue weighted by atomic mass is 32.2. The summed E-state index contributed by atoms with van der Waals surface area (Å²) in [7, 11) is -3.62. The van der Waals surface area contributed by atoms with Gasteiger partial charge in [0.05, 0.1) is 12.3 Å². The maximum Gasteiger partial charge on any atom is 0.242 e. The van der Waals surface area contributed by atoms with Crippen LogP contribution in [0, 0.1) is 0 Å². The van der Waals surface area contributed by atoms with Gasteiger partial charge in [-0.3, -0.25) is 0 Å². The second kappa shape index (κ2) is 6.73. The molecule has 0 amide bonds. The van der Waals surface area contributed by atoms with E-state index < -0.39 is 16.1 Å². The van der Waals surface area contributed by atoms with E-state index in [1.54, 1.807) is 25.1 Å². The molecule has 2 rings (SSSR count). The van der Waals surface area contributed by atoms with Gasteiger partial charge in [0.15, 0.2) is 0 Å². The van der Waals surface area contributed by atoms with Crippen LogP contribution in [0.3, 0.4) is 0 Å². The standard InChI is InChI=1S/C14H19N3O3S/c1-3-8-15-14-7-6-12(10-16-14)21(18,19)17-11(2)13-5-4-9-20-13/h4-7,9-11,17H,3,8H2,1-2H3,(H,15,16). The molecular weight excluding hydrogens is 290 g/mol. The second-order valence-corrected chi connectivity index (χ2v) is 6.38. The van der Waals surface area contributed by atoms with Crippen molar-refractivity contribution in [2.75, 3.05) is 11.9 Å². The molecule has 1 atom stereocenters. The number of nitrogens with zero attached hydrogens (tertiary/aromatic N) is 1. The van der Waals surface area contributed by atoms with Crippen molar-refractivity contribution in [2.45, 2.75) is 31.2 Å². The normalized spacial score (nSPS) is 13.0. The third-order valence-electron chi connectivity index (χ3n) is 2.90. The summed E-state index contributed by atoms with van der Waals surface area (Å²) in [5.41, 5.74) is 0. The van der Waals surface area contributed by atoms with Crippen LogP contribution >= 0.6 is 0 Å². The second-order valence-electron chi connectivity index (χ2n) is 4.66. The van der Waals surface area contributed by atoms with Gasteiger partial charge >= 0.3 is 0 Å². The van der Waals surface area contributed by atoms with Gasteiger partial charge in [-0.1, -0.05) is 6.92 Å². The fourth-order valence-electron chi connectivity index (χ4n) is 1.79. The molecule has 0 saturated carbocycles. The van der Waals surface area contributed by atoms with E-state index in [0.717, 1.165) is 13.0 Å². The Hall–Kier alpha value is -1.86. The molecule has 1 unspecified atom stereocenters. The summed E-state index contributed by atoms with van der Waals surface area (Å²) >= 11 is 0. The van der Waals surface area contributed by atoms with Crippen LogP contribution in [0.1, 0.15) is 32.1 Å². The highest BCUT2D eigenvalue weighted by Crippen LogP contribution is 2.17. The van der Waals surface area contributed by atoms with Crippen molar-refractivity contribution in [3.8, 4) is 0 Å². The molecule has 6 nitrogen and oxygen atoms in total. The summed E-state index contributed by atoms with van der Waals surface area (Å²) in [5.74, 6) is 1.22. The monoisotopic (exact) mass is 309 g/mol. The molecule has 0 aliphatic carbocycles. The van der Waals surface area contributed by atoms with Crippen LogP contribution in [0.5, 0.6) is 0 Å². The lowest BCUT2D eigenvalue weighted by atomic mass is 10.3. The van der Waals surface area contributed by atoms with Crippen molar-refractivity contribution in [2.24, 2.45) is 0 Å². The minimum absolute atomic E-state index is 0.128. The summed E-state index contributed by atoms with van der Waals surface area (Å²) in [6, 6.07) is 6.19.